The first-order valence-electron chi connectivity index (χ1n) is 24.7. The summed E-state index contributed by atoms with van der Waals surface area (Å²) in [6.45, 7) is 12.4. The molecule has 7 aliphatic rings. The number of aromatic nitrogens is 2. The van der Waals surface area contributed by atoms with Crippen molar-refractivity contribution in [2.24, 2.45) is 5.41 Å². The molecule has 1 amide bonds. The number of hydrogen-bond acceptors (Lipinski definition) is 15. The van der Waals surface area contributed by atoms with E-state index in [0.717, 1.165) is 75.8 Å². The van der Waals surface area contributed by atoms with Crippen LogP contribution in [0.5, 0.6) is 11.6 Å². The van der Waals surface area contributed by atoms with Gasteiger partial charge in [0.1, 0.15) is 24.0 Å². The smallest absolute Gasteiger partial charge is 0.297 e. The number of amides is 1. The Kier molecular flexibility index (Phi) is 11.2. The van der Waals surface area contributed by atoms with Crippen LogP contribution >= 0.6 is 0 Å². The van der Waals surface area contributed by atoms with E-state index in [0.29, 0.717) is 60.7 Å². The number of carbonyl (C=O) groups excluding carboxylic acids is 1. The summed E-state index contributed by atoms with van der Waals surface area (Å²) in [7, 11) is -2.61. The second kappa shape index (κ2) is 17.4. The number of sulfonamides is 1. The fraction of sp³-hybridized carbons (Fsp3) is 0.490. The van der Waals surface area contributed by atoms with Crippen molar-refractivity contribution in [1.29, 1.82) is 0 Å². The Labute approximate surface area is 407 Å². The van der Waals surface area contributed by atoms with Crippen LogP contribution in [-0.2, 0) is 14.8 Å². The number of nitrogens with one attached hydrogen (secondary N) is 3. The van der Waals surface area contributed by atoms with Gasteiger partial charge in [0.25, 0.3) is 21.6 Å². The van der Waals surface area contributed by atoms with Gasteiger partial charge in [-0.15, -0.1) is 0 Å². The van der Waals surface area contributed by atoms with Crippen molar-refractivity contribution < 1.29 is 32.3 Å². The van der Waals surface area contributed by atoms with Crippen molar-refractivity contribution >= 4 is 55.4 Å². The molecular weight excluding hydrogens is 913 g/mol. The summed E-state index contributed by atoms with van der Waals surface area (Å²) < 4.78 is 49.3. The number of pyridine rings is 1. The van der Waals surface area contributed by atoms with Crippen molar-refractivity contribution in [2.75, 3.05) is 94.3 Å². The quantitative estimate of drug-likeness (QED) is 0.0996. The van der Waals surface area contributed by atoms with E-state index in [4.69, 9.17) is 19.2 Å². The molecule has 1 saturated carbocycles. The molecular formula is C51H60N10O8S. The van der Waals surface area contributed by atoms with Crippen LogP contribution in [0, 0.1) is 15.5 Å². The van der Waals surface area contributed by atoms with Gasteiger partial charge in [-0.1, -0.05) is 38.1 Å². The number of ether oxygens (including phenoxy) is 3. The number of anilines is 4. The number of benzene rings is 3. The van der Waals surface area contributed by atoms with Crippen LogP contribution in [0.3, 0.4) is 0 Å². The number of nitro benzene ring substituents is 1. The molecule has 8 heterocycles. The number of aromatic amines is 1. The van der Waals surface area contributed by atoms with Crippen molar-refractivity contribution in [1.82, 2.24) is 29.4 Å². The number of piperazine rings is 1. The maximum Gasteiger partial charge on any atom is 0.297 e. The van der Waals surface area contributed by atoms with E-state index in [1.165, 1.54) is 30.0 Å². The Bertz CT molecular complexity index is 2980. The van der Waals surface area contributed by atoms with Gasteiger partial charge in [-0.05, 0) is 86.7 Å². The van der Waals surface area contributed by atoms with E-state index in [1.807, 2.05) is 29.2 Å². The van der Waals surface area contributed by atoms with Gasteiger partial charge in [-0.3, -0.25) is 24.7 Å². The molecule has 1 spiro atoms. The molecule has 6 aliphatic heterocycles. The zero-order valence-corrected chi connectivity index (χ0v) is 40.6. The molecule has 368 valence electrons. The van der Waals surface area contributed by atoms with Crippen molar-refractivity contribution in [2.45, 2.75) is 80.6 Å². The summed E-state index contributed by atoms with van der Waals surface area (Å²) in [6, 6.07) is 21.0. The molecule has 70 heavy (non-hydrogen) atoms. The van der Waals surface area contributed by atoms with E-state index < -0.39 is 37.5 Å². The number of rotatable bonds is 11. The zero-order valence-electron chi connectivity index (χ0n) is 39.8. The summed E-state index contributed by atoms with van der Waals surface area (Å²) in [5.74, 6) is -0.0245. The third-order valence-electron chi connectivity index (χ3n) is 16.0. The Morgan fingerprint density at radius 1 is 0.986 bits per heavy atom. The van der Waals surface area contributed by atoms with Gasteiger partial charge in [0.15, 0.2) is 11.4 Å². The molecule has 0 radical (unpaired) electrons. The minimum Gasteiger partial charge on any atom is -0.489 e. The molecule has 19 heteroatoms. The monoisotopic (exact) mass is 972 g/mol. The van der Waals surface area contributed by atoms with Gasteiger partial charge in [-0.25, -0.2) is 13.1 Å². The number of carbonyl (C=O) groups is 1. The topological polar surface area (TPSA) is 191 Å². The highest BCUT2D eigenvalue weighted by atomic mass is 32.2. The summed E-state index contributed by atoms with van der Waals surface area (Å²) in [6.07, 6.45) is 6.04. The van der Waals surface area contributed by atoms with Crippen LogP contribution in [-0.4, -0.2) is 147 Å². The molecule has 5 aromatic rings. The number of nitro groups is 1. The summed E-state index contributed by atoms with van der Waals surface area (Å²) in [4.78, 5) is 45.8. The van der Waals surface area contributed by atoms with E-state index in [-0.39, 0.29) is 41.1 Å². The van der Waals surface area contributed by atoms with Crippen molar-refractivity contribution in [3.8, 4) is 11.6 Å². The lowest BCUT2D eigenvalue weighted by molar-refractivity contribution is -0.384. The number of likely N-dealkylation sites (N-methyl/N-ethyl adjacent to an activating group) is 1. The fourth-order valence-electron chi connectivity index (χ4n) is 12.4. The summed E-state index contributed by atoms with van der Waals surface area (Å²) >= 11 is 0. The van der Waals surface area contributed by atoms with E-state index in [2.05, 4.69) is 79.8 Å². The highest BCUT2D eigenvalue weighted by Gasteiger charge is 2.55. The SMILES string of the molecule is CC(C)c1ccccc1[C@@H]1CCCN1C1CC2(C1)CN(c1ccc(C(=O)NS(=O)(=O)c3cc4c(c([N+](=O)[O-])c3)N[C@@H](CN3CCN(C)CC3)CO4)c(N3c4cc5cc[nH]c5nc4O[C@H]4COC[C@@H]43)c1)C2. The highest BCUT2D eigenvalue weighted by Crippen LogP contribution is 2.55. The largest absolute Gasteiger partial charge is 0.489 e. The van der Waals surface area contributed by atoms with Crippen molar-refractivity contribution in [3.05, 3.63) is 99.7 Å². The maximum absolute atomic E-state index is 14.7. The maximum atomic E-state index is 14.7. The second-order valence-electron chi connectivity index (χ2n) is 20.9. The molecule has 12 rings (SSSR count). The average molecular weight is 973 g/mol. The Morgan fingerprint density at radius 3 is 2.60 bits per heavy atom. The van der Waals surface area contributed by atoms with Gasteiger partial charge in [-0.2, -0.15) is 4.98 Å². The van der Waals surface area contributed by atoms with E-state index in [1.54, 1.807) is 12.3 Å². The Hall–Kier alpha value is -5.99. The molecule has 18 nitrogen and oxygen atoms in total. The Morgan fingerprint density at radius 2 is 1.80 bits per heavy atom. The zero-order chi connectivity index (χ0) is 48.1. The normalized spacial score (nSPS) is 24.6. The number of nitrogens with zero attached hydrogens (tertiary/aromatic N) is 7. The average Bonchev–Trinajstić information content (AvgIpc) is 4.11. The minimum atomic E-state index is -4.68. The summed E-state index contributed by atoms with van der Waals surface area (Å²) in [5, 5.41) is 16.6. The van der Waals surface area contributed by atoms with Gasteiger partial charge >= 0.3 is 0 Å². The van der Waals surface area contributed by atoms with Crippen LogP contribution < -0.4 is 29.3 Å². The molecule has 3 aromatic carbocycles. The van der Waals surface area contributed by atoms with E-state index in [9.17, 15) is 23.3 Å². The number of hydrogen-bond donors (Lipinski definition) is 3. The van der Waals surface area contributed by atoms with Crippen LogP contribution in [0.15, 0.2) is 77.8 Å². The molecule has 5 fully saturated rings. The third-order valence-corrected chi connectivity index (χ3v) is 17.3. The lowest BCUT2D eigenvalue weighted by Gasteiger charge is -2.62. The molecule has 1 aliphatic carbocycles. The molecule has 3 N–H and O–H groups in total. The summed E-state index contributed by atoms with van der Waals surface area (Å²) in [5.41, 5.74) is 5.51. The van der Waals surface area contributed by atoms with Gasteiger partial charge in [0.05, 0.1) is 46.4 Å². The van der Waals surface area contributed by atoms with Crippen LogP contribution in [0.25, 0.3) is 11.0 Å². The molecule has 0 unspecified atom stereocenters. The Balaban J connectivity index is 0.827. The molecule has 2 aromatic heterocycles. The van der Waals surface area contributed by atoms with Gasteiger partial charge in [0.2, 0.25) is 5.88 Å². The molecule has 4 saturated heterocycles. The third kappa shape index (κ3) is 7.99. The first kappa shape index (κ1) is 45.2. The van der Waals surface area contributed by atoms with Crippen LogP contribution in [0.2, 0.25) is 0 Å². The van der Waals surface area contributed by atoms with Gasteiger partial charge in [0, 0.05) is 92.7 Å². The minimum absolute atomic E-state index is 0.0317. The number of likely N-dealkylation sites (tertiary alicyclic amines) is 1. The molecule has 0 bridgehead atoms. The number of fused-ring (bicyclic) bond motifs is 4. The van der Waals surface area contributed by atoms with E-state index >= 15 is 0 Å². The van der Waals surface area contributed by atoms with Gasteiger partial charge < -0.3 is 39.2 Å². The first-order chi connectivity index (χ1) is 33.8. The van der Waals surface area contributed by atoms with Crippen molar-refractivity contribution in [3.63, 3.8) is 0 Å². The lowest BCUT2D eigenvalue weighted by atomic mass is 9.60. The number of H-pyrrole nitrogens is 1. The van der Waals surface area contributed by atoms with Crippen LogP contribution in [0.4, 0.5) is 28.4 Å². The predicted molar refractivity (Wildman–Crippen MR) is 265 cm³/mol. The second-order valence-corrected chi connectivity index (χ2v) is 22.6. The highest BCUT2D eigenvalue weighted by molar-refractivity contribution is 7.90. The fourth-order valence-corrected chi connectivity index (χ4v) is 13.4. The predicted octanol–water partition coefficient (Wildman–Crippen LogP) is 6.24. The first-order valence-corrected chi connectivity index (χ1v) is 26.2. The van der Waals surface area contributed by atoms with Crippen LogP contribution in [0.1, 0.15) is 73.0 Å². The standard InChI is InChI=1S/C51H60N10O8S/c1-31(2)37-7-4-5-8-38(37)40-9-6-14-59(40)35-23-51(24-35)29-58(30-51)34-10-11-39(41(20-34)60-43-19-32-12-13-52-48(32)54-50(43)69-46-28-67-27-44(46)60)49(62)55-70(65,66)36-21-42(61(63)64)47-45(22-36)68-26-33(53-47)25-57-17-15-56(3)16-18-57/h4-5,7-8,10-13,19-22,31,33,35,40,44,46,53H,6,9,14-18,23-30H2,1-3H3,(H,52,54)(H,55,62)/t33-,40-,44-,46-/m0/s1. The molecule has 4 atom stereocenters. The lowest BCUT2D eigenvalue weighted by Crippen LogP contribution is -2.66.